The smallest absolute Gasteiger partial charge is 0.333 e. The van der Waals surface area contributed by atoms with Gasteiger partial charge in [-0.25, -0.2) is 19.3 Å². The second-order valence-electron chi connectivity index (χ2n) is 12.5. The molecule has 0 bridgehead atoms. The number of thiazole rings is 1. The number of halogens is 1. The van der Waals surface area contributed by atoms with Crippen molar-refractivity contribution in [3.63, 3.8) is 0 Å². The van der Waals surface area contributed by atoms with E-state index in [4.69, 9.17) is 9.72 Å². The Bertz CT molecular complexity index is 2540. The van der Waals surface area contributed by atoms with Gasteiger partial charge in [-0.2, -0.15) is 0 Å². The van der Waals surface area contributed by atoms with Crippen LogP contribution in [0, 0.1) is 13.8 Å². The summed E-state index contributed by atoms with van der Waals surface area (Å²) in [5, 5.41) is 2.25. The Morgan fingerprint density at radius 3 is 2.13 bits per heavy atom. The average molecular weight is 790 g/mol. The molecule has 53 heavy (non-hydrogen) atoms. The standard InChI is InChI=1S/C40H33BrN6O5S/c1-26-17-27(2)19-32(18-26)47(39-43-33(24-53-39)30-13-15-31(41)16-14-30)34(48)23-52-35(49)22-46-38(50)36-37(42-25-44(36)20-28-9-5-3-6-10-28)45(40(46)51)21-29-11-7-4-8-12-29/h3-19,24-25H,20-23H2,1-2H3. The van der Waals surface area contributed by atoms with Gasteiger partial charge in [0, 0.05) is 22.0 Å². The summed E-state index contributed by atoms with van der Waals surface area (Å²) < 4.78 is 10.3. The fraction of sp³-hybridized carbons (Fsp3) is 0.150. The Balaban J connectivity index is 1.18. The van der Waals surface area contributed by atoms with E-state index in [0.717, 1.165) is 36.9 Å². The topological polar surface area (TPSA) is 121 Å². The van der Waals surface area contributed by atoms with Crippen LogP contribution in [0.5, 0.6) is 0 Å². The van der Waals surface area contributed by atoms with Gasteiger partial charge in [0.15, 0.2) is 22.9 Å². The number of carbonyl (C=O) groups excluding carboxylic acids is 2. The molecule has 0 aliphatic carbocycles. The molecular formula is C40H33BrN6O5S. The SMILES string of the molecule is Cc1cc(C)cc(N(C(=O)COC(=O)Cn2c(=O)c3c(ncn3Cc3ccccc3)n(Cc3ccccc3)c2=O)c2nc(-c3ccc(Br)cc3)cs2)c1. The van der Waals surface area contributed by atoms with Crippen LogP contribution in [-0.2, 0) is 34.0 Å². The Morgan fingerprint density at radius 2 is 1.47 bits per heavy atom. The van der Waals surface area contributed by atoms with Crippen molar-refractivity contribution in [3.8, 4) is 11.3 Å². The Hall–Kier alpha value is -5.92. The van der Waals surface area contributed by atoms with Gasteiger partial charge in [0.05, 0.1) is 24.3 Å². The van der Waals surface area contributed by atoms with Crippen molar-refractivity contribution in [1.82, 2.24) is 23.7 Å². The van der Waals surface area contributed by atoms with Crippen molar-refractivity contribution in [1.29, 1.82) is 0 Å². The molecule has 7 aromatic rings. The van der Waals surface area contributed by atoms with Gasteiger partial charge in [-0.05, 0) is 60.4 Å². The molecule has 0 saturated heterocycles. The molecule has 0 radical (unpaired) electrons. The third kappa shape index (κ3) is 7.81. The molecule has 1 amide bonds. The van der Waals surface area contributed by atoms with Crippen molar-refractivity contribution >= 4 is 61.1 Å². The zero-order valence-electron chi connectivity index (χ0n) is 28.8. The molecule has 11 nitrogen and oxygen atoms in total. The lowest BCUT2D eigenvalue weighted by atomic mass is 10.1. The summed E-state index contributed by atoms with van der Waals surface area (Å²) in [5.41, 5.74) is 4.69. The molecule has 0 aliphatic rings. The Morgan fingerprint density at radius 1 is 0.830 bits per heavy atom. The number of rotatable bonds is 11. The predicted molar refractivity (Wildman–Crippen MR) is 209 cm³/mol. The number of carbonyl (C=O) groups is 2. The van der Waals surface area contributed by atoms with Gasteiger partial charge in [-0.15, -0.1) is 11.3 Å². The highest BCUT2D eigenvalue weighted by atomic mass is 79.9. The van der Waals surface area contributed by atoms with Gasteiger partial charge in [0.2, 0.25) is 0 Å². The number of aryl methyl sites for hydroxylation is 2. The van der Waals surface area contributed by atoms with E-state index in [1.54, 1.807) is 4.57 Å². The van der Waals surface area contributed by atoms with Crippen molar-refractivity contribution in [2.24, 2.45) is 0 Å². The van der Waals surface area contributed by atoms with Crippen LogP contribution >= 0.6 is 27.3 Å². The molecule has 0 fully saturated rings. The van der Waals surface area contributed by atoms with Crippen LogP contribution < -0.4 is 16.1 Å². The van der Waals surface area contributed by atoms with E-state index in [9.17, 15) is 19.2 Å². The van der Waals surface area contributed by atoms with Crippen LogP contribution in [0.25, 0.3) is 22.4 Å². The zero-order chi connectivity index (χ0) is 37.1. The normalized spacial score (nSPS) is 11.2. The van der Waals surface area contributed by atoms with E-state index in [1.165, 1.54) is 27.1 Å². The Kier molecular flexibility index (Phi) is 10.3. The van der Waals surface area contributed by atoms with Gasteiger partial charge >= 0.3 is 11.7 Å². The number of hydrogen-bond donors (Lipinski definition) is 0. The van der Waals surface area contributed by atoms with Crippen molar-refractivity contribution < 1.29 is 14.3 Å². The molecule has 4 aromatic carbocycles. The predicted octanol–water partition coefficient (Wildman–Crippen LogP) is 6.87. The number of benzene rings is 4. The summed E-state index contributed by atoms with van der Waals surface area (Å²) in [4.78, 5) is 65.9. The van der Waals surface area contributed by atoms with Crippen LogP contribution in [-0.4, -0.2) is 42.2 Å². The number of esters is 1. The number of nitrogens with zero attached hydrogens (tertiary/aromatic N) is 6. The monoisotopic (exact) mass is 788 g/mol. The third-order valence-electron chi connectivity index (χ3n) is 8.54. The minimum atomic E-state index is -0.924. The number of imidazole rings is 1. The van der Waals surface area contributed by atoms with E-state index >= 15 is 0 Å². The molecular weight excluding hydrogens is 756 g/mol. The van der Waals surface area contributed by atoms with Crippen LogP contribution in [0.1, 0.15) is 22.3 Å². The molecule has 3 heterocycles. The summed E-state index contributed by atoms with van der Waals surface area (Å²) in [5.74, 6) is -1.47. The number of amides is 1. The first-order valence-corrected chi connectivity index (χ1v) is 18.4. The lowest BCUT2D eigenvalue weighted by molar-refractivity contribution is -0.148. The molecule has 0 atom stereocenters. The van der Waals surface area contributed by atoms with Crippen molar-refractivity contribution in [2.75, 3.05) is 11.5 Å². The van der Waals surface area contributed by atoms with Crippen LogP contribution in [0.4, 0.5) is 10.8 Å². The molecule has 0 saturated carbocycles. The van der Waals surface area contributed by atoms with E-state index in [-0.39, 0.29) is 17.7 Å². The molecule has 0 aliphatic heterocycles. The van der Waals surface area contributed by atoms with Crippen LogP contribution in [0.2, 0.25) is 0 Å². The minimum absolute atomic E-state index is 0.118. The summed E-state index contributed by atoms with van der Waals surface area (Å²) >= 11 is 4.74. The largest absolute Gasteiger partial charge is 0.454 e. The first-order chi connectivity index (χ1) is 25.6. The van der Waals surface area contributed by atoms with E-state index in [1.807, 2.05) is 122 Å². The van der Waals surface area contributed by atoms with Gasteiger partial charge in [0.25, 0.3) is 11.5 Å². The summed E-state index contributed by atoms with van der Waals surface area (Å²) in [6.45, 7) is 2.94. The fourth-order valence-electron chi connectivity index (χ4n) is 6.13. The fourth-order valence-corrected chi connectivity index (χ4v) is 7.26. The second kappa shape index (κ2) is 15.4. The highest BCUT2D eigenvalue weighted by Gasteiger charge is 2.25. The molecule has 266 valence electrons. The van der Waals surface area contributed by atoms with Crippen molar-refractivity contribution in [2.45, 2.75) is 33.5 Å². The summed E-state index contributed by atoms with van der Waals surface area (Å²) in [7, 11) is 0. The number of ether oxygens (including phenoxy) is 1. The average Bonchev–Trinajstić information content (AvgIpc) is 3.80. The van der Waals surface area contributed by atoms with Gasteiger partial charge in [0.1, 0.15) is 6.54 Å². The highest BCUT2D eigenvalue weighted by Crippen LogP contribution is 2.34. The quantitative estimate of drug-likeness (QED) is 0.131. The van der Waals surface area contributed by atoms with E-state index in [2.05, 4.69) is 20.9 Å². The van der Waals surface area contributed by atoms with Crippen molar-refractivity contribution in [3.05, 3.63) is 162 Å². The number of hydrogen-bond acceptors (Lipinski definition) is 8. The number of anilines is 2. The molecule has 0 unspecified atom stereocenters. The van der Waals surface area contributed by atoms with Gasteiger partial charge in [-0.1, -0.05) is 94.8 Å². The molecule has 7 rings (SSSR count). The maximum atomic E-state index is 14.0. The summed E-state index contributed by atoms with van der Waals surface area (Å²) in [6, 6.07) is 32.2. The molecule has 3 aromatic heterocycles. The zero-order valence-corrected chi connectivity index (χ0v) is 31.2. The maximum absolute atomic E-state index is 14.0. The third-order valence-corrected chi connectivity index (χ3v) is 9.90. The molecule has 0 N–H and O–H groups in total. The maximum Gasteiger partial charge on any atom is 0.333 e. The second-order valence-corrected chi connectivity index (χ2v) is 14.3. The number of aromatic nitrogens is 5. The first-order valence-electron chi connectivity index (χ1n) is 16.7. The number of fused-ring (bicyclic) bond motifs is 1. The molecule has 0 spiro atoms. The van der Waals surface area contributed by atoms with Crippen LogP contribution in [0.3, 0.4) is 0 Å². The summed E-state index contributed by atoms with van der Waals surface area (Å²) in [6.07, 6.45) is 1.52. The van der Waals surface area contributed by atoms with Crippen LogP contribution in [0.15, 0.2) is 129 Å². The molecule has 13 heteroatoms. The van der Waals surface area contributed by atoms with Gasteiger partial charge in [-0.3, -0.25) is 23.9 Å². The van der Waals surface area contributed by atoms with E-state index in [0.29, 0.717) is 23.1 Å². The lowest BCUT2D eigenvalue weighted by Crippen LogP contribution is -2.43. The Labute approximate surface area is 316 Å². The van der Waals surface area contributed by atoms with E-state index < -0.39 is 36.3 Å². The van der Waals surface area contributed by atoms with Gasteiger partial charge < -0.3 is 9.30 Å². The lowest BCUT2D eigenvalue weighted by Gasteiger charge is -2.21. The minimum Gasteiger partial charge on any atom is -0.454 e. The highest BCUT2D eigenvalue weighted by molar-refractivity contribution is 9.10. The first kappa shape index (κ1) is 35.5.